The van der Waals surface area contributed by atoms with Crippen molar-refractivity contribution in [2.24, 2.45) is 5.92 Å². The van der Waals surface area contributed by atoms with Crippen molar-refractivity contribution in [2.45, 2.75) is 85.6 Å². The van der Waals surface area contributed by atoms with E-state index in [9.17, 15) is 0 Å². The third-order valence-corrected chi connectivity index (χ3v) is 7.87. The van der Waals surface area contributed by atoms with Gasteiger partial charge in [-0.1, -0.05) is 50.5 Å². The first kappa shape index (κ1) is 26.4. The van der Waals surface area contributed by atoms with Gasteiger partial charge in [0.05, 0.1) is 5.69 Å². The van der Waals surface area contributed by atoms with Crippen molar-refractivity contribution in [1.82, 2.24) is 4.90 Å². The highest BCUT2D eigenvalue weighted by molar-refractivity contribution is 5.60. The number of hydrogen-bond donors (Lipinski definition) is 0. The van der Waals surface area contributed by atoms with Crippen LogP contribution in [0.15, 0.2) is 36.4 Å². The molecular weight excluding hydrogens is 412 g/mol. The van der Waals surface area contributed by atoms with Crippen LogP contribution in [0, 0.1) is 32.1 Å². The van der Waals surface area contributed by atoms with Crippen LogP contribution in [0.5, 0.6) is 0 Å². The monoisotopic (exact) mass is 458 g/mol. The lowest BCUT2D eigenvalue weighted by Gasteiger charge is -2.34. The summed E-state index contributed by atoms with van der Waals surface area (Å²) in [4.78, 5) is 5.18. The van der Waals surface area contributed by atoms with Gasteiger partial charge in [0.2, 0.25) is 0 Å². The first-order chi connectivity index (χ1) is 16.5. The zero-order valence-corrected chi connectivity index (χ0v) is 22.4. The van der Waals surface area contributed by atoms with Crippen LogP contribution < -0.4 is 4.90 Å². The van der Waals surface area contributed by atoms with E-state index in [-0.39, 0.29) is 0 Å². The normalized spacial score (nSPS) is 15.5. The fourth-order valence-corrected chi connectivity index (χ4v) is 5.67. The molecule has 0 aromatic heterocycles. The quantitative estimate of drug-likeness (QED) is 0.318. The van der Waals surface area contributed by atoms with Crippen LogP contribution in [0.4, 0.5) is 5.69 Å². The number of hydrogen-bond acceptors (Lipinski definition) is 2. The summed E-state index contributed by atoms with van der Waals surface area (Å²) in [5.74, 6) is 3.66. The van der Waals surface area contributed by atoms with E-state index in [0.717, 1.165) is 24.6 Å². The number of unbranched alkanes of at least 4 members (excludes halogenated alkanes) is 1. The predicted molar refractivity (Wildman–Crippen MR) is 149 cm³/mol. The molecule has 2 aromatic rings. The van der Waals surface area contributed by atoms with Gasteiger partial charge in [-0.2, -0.15) is 0 Å². The number of benzene rings is 2. The van der Waals surface area contributed by atoms with Gasteiger partial charge in [0, 0.05) is 24.7 Å². The molecule has 1 fully saturated rings. The molecule has 34 heavy (non-hydrogen) atoms. The molecule has 2 aromatic carbocycles. The summed E-state index contributed by atoms with van der Waals surface area (Å²) < 4.78 is 0. The van der Waals surface area contributed by atoms with E-state index in [1.165, 1.54) is 80.4 Å². The summed E-state index contributed by atoms with van der Waals surface area (Å²) in [6.45, 7) is 16.2. The Kier molecular flexibility index (Phi) is 10.1. The maximum atomic E-state index is 5.73. The minimum atomic E-state index is 0.491. The highest BCUT2D eigenvalue weighted by atomic mass is 15.1. The zero-order valence-electron chi connectivity index (χ0n) is 22.4. The summed E-state index contributed by atoms with van der Waals surface area (Å²) in [6, 6.07) is 13.8. The van der Waals surface area contributed by atoms with Gasteiger partial charge in [-0.3, -0.25) is 4.90 Å². The molecule has 1 atom stereocenters. The third kappa shape index (κ3) is 6.67. The Morgan fingerprint density at radius 3 is 2.44 bits per heavy atom. The van der Waals surface area contributed by atoms with Crippen molar-refractivity contribution in [1.29, 1.82) is 0 Å². The van der Waals surface area contributed by atoms with E-state index in [2.05, 4.69) is 80.7 Å². The zero-order chi connectivity index (χ0) is 24.5. The molecule has 2 heteroatoms. The molecular formula is C32H46N2. The summed E-state index contributed by atoms with van der Waals surface area (Å²) in [5.41, 5.74) is 8.26. The molecule has 1 aliphatic heterocycles. The van der Waals surface area contributed by atoms with Crippen molar-refractivity contribution in [3.8, 4) is 12.3 Å². The number of nitrogens with zero attached hydrogens (tertiary/aromatic N) is 2. The maximum Gasteiger partial charge on any atom is 0.0525 e. The molecule has 2 nitrogen and oxygen atoms in total. The van der Waals surface area contributed by atoms with Gasteiger partial charge >= 0.3 is 0 Å². The second-order valence-electron chi connectivity index (χ2n) is 10.3. The molecule has 0 amide bonds. The molecule has 3 rings (SSSR count). The van der Waals surface area contributed by atoms with Gasteiger partial charge in [0.15, 0.2) is 0 Å². The lowest BCUT2D eigenvalue weighted by atomic mass is 9.87. The number of aryl methyl sites for hydroxylation is 3. The lowest BCUT2D eigenvalue weighted by molar-refractivity contribution is 0.207. The minimum absolute atomic E-state index is 0.491. The SMILES string of the molecule is C#Cc1ccccc1N1CCC(CCc2cc([C@@H](C)N(CCC)CCCC)c(C)cc2C)CC1. The highest BCUT2D eigenvalue weighted by Crippen LogP contribution is 2.31. The number of para-hydroxylation sites is 1. The first-order valence-electron chi connectivity index (χ1n) is 13.6. The second kappa shape index (κ2) is 13.0. The highest BCUT2D eigenvalue weighted by Gasteiger charge is 2.22. The van der Waals surface area contributed by atoms with Crippen molar-refractivity contribution < 1.29 is 0 Å². The number of piperidine rings is 1. The van der Waals surface area contributed by atoms with Crippen LogP contribution in [0.25, 0.3) is 0 Å². The first-order valence-corrected chi connectivity index (χ1v) is 13.6. The Morgan fingerprint density at radius 1 is 1.03 bits per heavy atom. The van der Waals surface area contributed by atoms with Crippen LogP contribution in [-0.2, 0) is 6.42 Å². The summed E-state index contributed by atoms with van der Waals surface area (Å²) in [7, 11) is 0. The molecule has 0 saturated carbocycles. The van der Waals surface area contributed by atoms with E-state index in [1.54, 1.807) is 5.56 Å². The smallest absolute Gasteiger partial charge is 0.0525 e. The van der Waals surface area contributed by atoms with Crippen LogP contribution >= 0.6 is 0 Å². The Labute approximate surface area is 209 Å². The average molecular weight is 459 g/mol. The largest absolute Gasteiger partial charge is 0.371 e. The van der Waals surface area contributed by atoms with Crippen molar-refractivity contribution >= 4 is 5.69 Å². The van der Waals surface area contributed by atoms with Gasteiger partial charge in [-0.05, 0) is 113 Å². The van der Waals surface area contributed by atoms with Crippen molar-refractivity contribution in [2.75, 3.05) is 31.1 Å². The van der Waals surface area contributed by atoms with E-state index in [0.29, 0.717) is 6.04 Å². The number of rotatable bonds is 11. The summed E-state index contributed by atoms with van der Waals surface area (Å²) >= 11 is 0. The van der Waals surface area contributed by atoms with Gasteiger partial charge in [0.1, 0.15) is 0 Å². The third-order valence-electron chi connectivity index (χ3n) is 7.87. The number of anilines is 1. The van der Waals surface area contributed by atoms with Gasteiger partial charge in [0.25, 0.3) is 0 Å². The fraction of sp³-hybridized carbons (Fsp3) is 0.562. The van der Waals surface area contributed by atoms with Crippen LogP contribution in [0.2, 0.25) is 0 Å². The minimum Gasteiger partial charge on any atom is -0.371 e. The summed E-state index contributed by atoms with van der Waals surface area (Å²) in [6.07, 6.45) is 14.5. The fourth-order valence-electron chi connectivity index (χ4n) is 5.67. The van der Waals surface area contributed by atoms with Crippen molar-refractivity contribution in [3.05, 3.63) is 64.2 Å². The van der Waals surface area contributed by atoms with Gasteiger partial charge < -0.3 is 4.90 Å². The van der Waals surface area contributed by atoms with Gasteiger partial charge in [-0.15, -0.1) is 6.42 Å². The molecule has 1 aliphatic rings. The predicted octanol–water partition coefficient (Wildman–Crippen LogP) is 7.71. The molecule has 0 N–H and O–H groups in total. The Hall–Kier alpha value is -2.24. The molecule has 0 spiro atoms. The average Bonchev–Trinajstić information content (AvgIpc) is 2.86. The van der Waals surface area contributed by atoms with E-state index < -0.39 is 0 Å². The lowest BCUT2D eigenvalue weighted by Crippen LogP contribution is -2.34. The molecule has 0 bridgehead atoms. The Bertz CT molecular complexity index is 946. The van der Waals surface area contributed by atoms with E-state index >= 15 is 0 Å². The molecule has 184 valence electrons. The molecule has 0 unspecified atom stereocenters. The standard InChI is InChI=1S/C32H46N2/c1-7-10-20-33(19-8-2)27(6)31-24-30(25(4)23-26(31)5)16-15-28-17-21-34(22-18-28)32-14-12-11-13-29(32)9-3/h3,11-14,23-24,27-28H,7-8,10,15-22H2,1-2,4-6H3/t27-/m1/s1. The summed E-state index contributed by atoms with van der Waals surface area (Å²) in [5, 5.41) is 0. The van der Waals surface area contributed by atoms with Crippen LogP contribution in [-0.4, -0.2) is 31.1 Å². The maximum absolute atomic E-state index is 5.73. The second-order valence-corrected chi connectivity index (χ2v) is 10.3. The molecule has 0 aliphatic carbocycles. The topological polar surface area (TPSA) is 6.48 Å². The Balaban J connectivity index is 1.62. The Morgan fingerprint density at radius 2 is 1.76 bits per heavy atom. The van der Waals surface area contributed by atoms with Crippen LogP contribution in [0.1, 0.15) is 93.2 Å². The molecule has 1 saturated heterocycles. The van der Waals surface area contributed by atoms with Crippen molar-refractivity contribution in [3.63, 3.8) is 0 Å². The van der Waals surface area contributed by atoms with E-state index in [1.807, 2.05) is 6.07 Å². The number of terminal acetylenes is 1. The molecule has 1 heterocycles. The molecule has 0 radical (unpaired) electrons. The van der Waals surface area contributed by atoms with Gasteiger partial charge in [-0.25, -0.2) is 0 Å². The van der Waals surface area contributed by atoms with E-state index in [4.69, 9.17) is 6.42 Å². The van der Waals surface area contributed by atoms with Crippen LogP contribution in [0.3, 0.4) is 0 Å².